The molecule has 0 spiro atoms. The summed E-state index contributed by atoms with van der Waals surface area (Å²) in [5.41, 5.74) is 1.67. The predicted octanol–water partition coefficient (Wildman–Crippen LogP) is 1.52. The Morgan fingerprint density at radius 3 is 1.96 bits per heavy atom. The number of rotatable bonds is 6. The van der Waals surface area contributed by atoms with E-state index in [-0.39, 0.29) is 6.04 Å². The monoisotopic (exact) mass is 310 g/mol. The molecule has 0 bridgehead atoms. The molecule has 4 nitrogen and oxygen atoms in total. The van der Waals surface area contributed by atoms with Crippen molar-refractivity contribution in [3.8, 4) is 0 Å². The molecule has 0 unspecified atom stereocenters. The van der Waals surface area contributed by atoms with E-state index in [1.54, 1.807) is 6.82 Å². The Kier molecular flexibility index (Phi) is 4.83. The van der Waals surface area contributed by atoms with Gasteiger partial charge in [0.2, 0.25) is 0 Å². The van der Waals surface area contributed by atoms with Crippen LogP contribution in [0.25, 0.3) is 0 Å². The van der Waals surface area contributed by atoms with Crippen LogP contribution >= 0.6 is 0 Å². The summed E-state index contributed by atoms with van der Waals surface area (Å²) < 4.78 is 0. The highest BCUT2D eigenvalue weighted by Crippen LogP contribution is 2.35. The zero-order chi connectivity index (χ0) is 16.3. The molecule has 0 amide bonds. The number of aliphatic hydroxyl groups is 1. The van der Waals surface area contributed by atoms with Gasteiger partial charge in [-0.2, -0.15) is 0 Å². The van der Waals surface area contributed by atoms with Crippen LogP contribution in [0.4, 0.5) is 0 Å². The molecule has 0 aliphatic carbocycles. The van der Waals surface area contributed by atoms with Gasteiger partial charge in [-0.15, -0.1) is 0 Å². The van der Waals surface area contributed by atoms with Crippen LogP contribution in [0, 0.1) is 0 Å². The average molecular weight is 310 g/mol. The fraction of sp³-hybridized carbons (Fsp3) is 0.333. The first-order valence-corrected chi connectivity index (χ1v) is 8.05. The Morgan fingerprint density at radius 2 is 1.52 bits per heavy atom. The summed E-state index contributed by atoms with van der Waals surface area (Å²) in [7, 11) is -0.605. The highest BCUT2D eigenvalue weighted by Gasteiger charge is 2.44. The molecule has 1 aliphatic rings. The second kappa shape index (κ2) is 6.85. The lowest BCUT2D eigenvalue weighted by molar-refractivity contribution is -0.105. The molecule has 0 atom stereocenters. The quantitative estimate of drug-likeness (QED) is 0.708. The Balaban J connectivity index is 1.77. The van der Waals surface area contributed by atoms with Gasteiger partial charge in [-0.1, -0.05) is 60.7 Å². The van der Waals surface area contributed by atoms with E-state index in [4.69, 9.17) is 0 Å². The summed E-state index contributed by atoms with van der Waals surface area (Å²) >= 11 is 0. The van der Waals surface area contributed by atoms with Crippen LogP contribution in [0.1, 0.15) is 17.2 Å². The first-order chi connectivity index (χ1) is 11.1. The zero-order valence-corrected chi connectivity index (χ0v) is 13.4. The van der Waals surface area contributed by atoms with Gasteiger partial charge in [0, 0.05) is 19.6 Å². The van der Waals surface area contributed by atoms with Crippen LogP contribution in [0.3, 0.4) is 0 Å². The maximum absolute atomic E-state index is 10.6. The Hall–Kier alpha value is -1.66. The van der Waals surface area contributed by atoms with Gasteiger partial charge >= 0.3 is 7.05 Å². The molecule has 0 saturated carbocycles. The number of β-amino-alcohol motifs (C(OH)–C–C–N with tert-alkyl or cyclic N) is 1. The van der Waals surface area contributed by atoms with Gasteiger partial charge in [-0.05, 0) is 17.9 Å². The molecule has 23 heavy (non-hydrogen) atoms. The SMILES string of the molecule is CB(O)NCC1(O)CN(C(c2ccccc2)c2ccccc2)C1. The number of nitrogens with zero attached hydrogens (tertiary/aromatic N) is 1. The number of nitrogens with one attached hydrogen (secondary N) is 1. The molecule has 3 rings (SSSR count). The van der Waals surface area contributed by atoms with Crippen LogP contribution in [-0.4, -0.2) is 47.3 Å². The van der Waals surface area contributed by atoms with Crippen molar-refractivity contribution >= 4 is 7.05 Å². The summed E-state index contributed by atoms with van der Waals surface area (Å²) in [6.45, 7) is 3.23. The van der Waals surface area contributed by atoms with Gasteiger partial charge in [0.25, 0.3) is 0 Å². The van der Waals surface area contributed by atoms with E-state index in [1.807, 2.05) is 36.4 Å². The van der Waals surface area contributed by atoms with E-state index in [9.17, 15) is 10.1 Å². The van der Waals surface area contributed by atoms with Crippen LogP contribution in [-0.2, 0) is 0 Å². The van der Waals surface area contributed by atoms with Crippen LogP contribution in [0.15, 0.2) is 60.7 Å². The minimum absolute atomic E-state index is 0.143. The molecule has 1 aliphatic heterocycles. The molecule has 1 saturated heterocycles. The lowest BCUT2D eigenvalue weighted by atomic mass is 9.83. The highest BCUT2D eigenvalue weighted by atomic mass is 16.3. The largest absolute Gasteiger partial charge is 0.437 e. The van der Waals surface area contributed by atoms with Gasteiger partial charge in [-0.25, -0.2) is 0 Å². The van der Waals surface area contributed by atoms with Crippen molar-refractivity contribution < 1.29 is 10.1 Å². The topological polar surface area (TPSA) is 55.7 Å². The molecule has 3 N–H and O–H groups in total. The normalized spacial score (nSPS) is 17.0. The van der Waals surface area contributed by atoms with E-state index < -0.39 is 12.7 Å². The van der Waals surface area contributed by atoms with Gasteiger partial charge in [0.15, 0.2) is 0 Å². The Bertz CT molecular complexity index is 576. The van der Waals surface area contributed by atoms with Crippen molar-refractivity contribution in [2.24, 2.45) is 0 Å². The standard InChI is InChI=1S/C18H23BN2O2/c1-19(23)20-12-18(22)13-21(14-18)17(15-8-4-2-5-9-15)16-10-6-3-7-11-16/h2-11,17,20,22-23H,12-14H2,1H3. The lowest BCUT2D eigenvalue weighted by Crippen LogP contribution is -2.67. The molecule has 0 aromatic heterocycles. The van der Waals surface area contributed by atoms with Gasteiger partial charge in [-0.3, -0.25) is 4.90 Å². The zero-order valence-electron chi connectivity index (χ0n) is 13.4. The van der Waals surface area contributed by atoms with Gasteiger partial charge in [0.05, 0.1) is 6.04 Å². The van der Waals surface area contributed by atoms with E-state index >= 15 is 0 Å². The van der Waals surface area contributed by atoms with Crippen molar-refractivity contribution in [1.82, 2.24) is 10.1 Å². The maximum atomic E-state index is 10.6. The van der Waals surface area contributed by atoms with E-state index in [0.717, 1.165) is 0 Å². The van der Waals surface area contributed by atoms with E-state index in [1.165, 1.54) is 11.1 Å². The van der Waals surface area contributed by atoms with Crippen molar-refractivity contribution in [3.63, 3.8) is 0 Å². The number of likely N-dealkylation sites (tertiary alicyclic amines) is 1. The fourth-order valence-electron chi connectivity index (χ4n) is 3.23. The molecular formula is C18H23BN2O2. The smallest absolute Gasteiger partial charge is 0.373 e. The van der Waals surface area contributed by atoms with E-state index in [2.05, 4.69) is 34.4 Å². The maximum Gasteiger partial charge on any atom is 0.373 e. The molecule has 1 fully saturated rings. The fourth-order valence-corrected chi connectivity index (χ4v) is 3.23. The van der Waals surface area contributed by atoms with E-state index in [0.29, 0.717) is 19.6 Å². The second-order valence-electron chi connectivity index (χ2n) is 6.41. The summed E-state index contributed by atoms with van der Waals surface area (Å²) in [6, 6.07) is 20.9. The third kappa shape index (κ3) is 3.82. The number of hydrogen-bond acceptors (Lipinski definition) is 4. The first kappa shape index (κ1) is 16.2. The summed E-state index contributed by atoms with van der Waals surface area (Å²) in [6.07, 6.45) is 0. The predicted molar refractivity (Wildman–Crippen MR) is 93.1 cm³/mol. The van der Waals surface area contributed by atoms with Gasteiger partial charge < -0.3 is 15.4 Å². The number of hydrogen-bond donors (Lipinski definition) is 3. The third-order valence-electron chi connectivity index (χ3n) is 4.32. The minimum Gasteiger partial charge on any atom is -0.437 e. The van der Waals surface area contributed by atoms with Crippen LogP contribution in [0.5, 0.6) is 0 Å². The molecule has 2 aromatic carbocycles. The molecule has 1 heterocycles. The minimum atomic E-state index is -0.779. The Labute approximate surface area is 137 Å². The lowest BCUT2D eigenvalue weighted by Gasteiger charge is -2.50. The van der Waals surface area contributed by atoms with Crippen LogP contribution < -0.4 is 5.23 Å². The first-order valence-electron chi connectivity index (χ1n) is 8.05. The molecule has 2 aromatic rings. The summed E-state index contributed by atoms with van der Waals surface area (Å²) in [4.78, 5) is 2.27. The third-order valence-corrected chi connectivity index (χ3v) is 4.32. The van der Waals surface area contributed by atoms with Crippen molar-refractivity contribution in [2.45, 2.75) is 18.5 Å². The highest BCUT2D eigenvalue weighted by molar-refractivity contribution is 6.45. The van der Waals surface area contributed by atoms with Crippen molar-refractivity contribution in [3.05, 3.63) is 71.8 Å². The average Bonchev–Trinajstić information content (AvgIpc) is 2.54. The number of benzene rings is 2. The summed E-state index contributed by atoms with van der Waals surface area (Å²) in [5.74, 6) is 0. The van der Waals surface area contributed by atoms with Crippen molar-refractivity contribution in [2.75, 3.05) is 19.6 Å². The van der Waals surface area contributed by atoms with Crippen LogP contribution in [0.2, 0.25) is 6.82 Å². The molecular weight excluding hydrogens is 287 g/mol. The van der Waals surface area contributed by atoms with Gasteiger partial charge in [0.1, 0.15) is 5.60 Å². The van der Waals surface area contributed by atoms with Crippen molar-refractivity contribution in [1.29, 1.82) is 0 Å². The molecule has 120 valence electrons. The second-order valence-corrected chi connectivity index (χ2v) is 6.41. The molecule has 5 heteroatoms. The molecule has 0 radical (unpaired) electrons. The summed E-state index contributed by atoms with van der Waals surface area (Å²) in [5, 5.41) is 22.8. The Morgan fingerprint density at radius 1 is 1.04 bits per heavy atom.